The zero-order chi connectivity index (χ0) is 13.3. The number of ether oxygens (including phenoxy) is 2. The summed E-state index contributed by atoms with van der Waals surface area (Å²) in [7, 11) is 1.29. The highest BCUT2D eigenvalue weighted by atomic mass is 19.4. The molecular weight excluding hydrogens is 247 g/mol. The van der Waals surface area contributed by atoms with Crippen LogP contribution in [0.5, 0.6) is 11.5 Å². The molecule has 1 aromatic carbocycles. The lowest BCUT2D eigenvalue weighted by Gasteiger charge is -2.25. The van der Waals surface area contributed by atoms with E-state index in [0.29, 0.717) is 30.3 Å². The Morgan fingerprint density at radius 3 is 2.22 bits per heavy atom. The Morgan fingerprint density at radius 1 is 1.17 bits per heavy atom. The van der Waals surface area contributed by atoms with Crippen molar-refractivity contribution in [1.29, 1.82) is 0 Å². The normalized spacial score (nSPS) is 16.5. The van der Waals surface area contributed by atoms with Crippen LogP contribution in [0.15, 0.2) is 12.1 Å². The lowest BCUT2D eigenvalue weighted by Crippen LogP contribution is -2.32. The zero-order valence-corrected chi connectivity index (χ0v) is 10.1. The summed E-state index contributed by atoms with van der Waals surface area (Å²) in [5, 5.41) is 2.28. The molecule has 0 bridgehead atoms. The summed E-state index contributed by atoms with van der Waals surface area (Å²) >= 11 is 0. The number of hydrogen-bond acceptors (Lipinski definition) is 3. The summed E-state index contributed by atoms with van der Waals surface area (Å²) in [6, 6.07) is 1.28. The largest absolute Gasteiger partial charge is 0.486 e. The molecule has 1 unspecified atom stereocenters. The summed E-state index contributed by atoms with van der Waals surface area (Å²) in [6.07, 6.45) is -4.34. The Morgan fingerprint density at radius 2 is 1.72 bits per heavy atom. The van der Waals surface area contributed by atoms with Gasteiger partial charge in [-0.1, -0.05) is 0 Å². The van der Waals surface area contributed by atoms with E-state index in [2.05, 4.69) is 5.32 Å². The first-order valence-corrected chi connectivity index (χ1v) is 5.57. The highest BCUT2D eigenvalue weighted by Crippen LogP contribution is 2.39. The van der Waals surface area contributed by atoms with Gasteiger partial charge in [0.25, 0.3) is 0 Å². The number of aryl methyl sites for hydroxylation is 1. The topological polar surface area (TPSA) is 30.5 Å². The van der Waals surface area contributed by atoms with E-state index >= 15 is 0 Å². The van der Waals surface area contributed by atoms with E-state index in [4.69, 9.17) is 9.47 Å². The van der Waals surface area contributed by atoms with Crippen LogP contribution in [0.4, 0.5) is 13.2 Å². The van der Waals surface area contributed by atoms with Crippen LogP contribution in [0.1, 0.15) is 17.2 Å². The molecule has 0 amide bonds. The smallest absolute Gasteiger partial charge is 0.407 e. The molecule has 2 rings (SSSR count). The summed E-state index contributed by atoms with van der Waals surface area (Å²) in [4.78, 5) is 0. The van der Waals surface area contributed by atoms with Gasteiger partial charge in [-0.25, -0.2) is 0 Å². The predicted molar refractivity (Wildman–Crippen MR) is 60.0 cm³/mol. The average molecular weight is 261 g/mol. The maximum absolute atomic E-state index is 12.9. The minimum atomic E-state index is -4.34. The molecule has 0 spiro atoms. The van der Waals surface area contributed by atoms with Gasteiger partial charge in [-0.2, -0.15) is 13.2 Å². The Balaban J connectivity index is 2.44. The Kier molecular flexibility index (Phi) is 3.38. The lowest BCUT2D eigenvalue weighted by atomic mass is 10.00. The first-order chi connectivity index (χ1) is 8.43. The SMILES string of the molecule is CNC(c1cc2c(cc1C)OCCO2)C(F)(F)F. The van der Waals surface area contributed by atoms with E-state index in [1.807, 2.05) is 0 Å². The number of nitrogens with one attached hydrogen (secondary N) is 1. The molecule has 0 saturated carbocycles. The second-order valence-corrected chi connectivity index (χ2v) is 4.12. The monoisotopic (exact) mass is 261 g/mol. The molecule has 1 aliphatic heterocycles. The van der Waals surface area contributed by atoms with Gasteiger partial charge in [-0.15, -0.1) is 0 Å². The predicted octanol–water partition coefficient (Wildman–Crippen LogP) is 2.59. The van der Waals surface area contributed by atoms with Gasteiger partial charge in [-0.05, 0) is 37.2 Å². The standard InChI is InChI=1S/C12H14F3NO2/c1-7-5-9-10(18-4-3-17-9)6-8(7)11(16-2)12(13,14)15/h5-6,11,16H,3-4H2,1-2H3. The molecule has 1 aromatic rings. The summed E-state index contributed by atoms with van der Waals surface area (Å²) in [5.74, 6) is 0.867. The van der Waals surface area contributed by atoms with Crippen molar-refractivity contribution in [3.63, 3.8) is 0 Å². The highest BCUT2D eigenvalue weighted by molar-refractivity contribution is 5.49. The van der Waals surface area contributed by atoms with Crippen molar-refractivity contribution in [2.45, 2.75) is 19.1 Å². The zero-order valence-electron chi connectivity index (χ0n) is 10.1. The van der Waals surface area contributed by atoms with Gasteiger partial charge in [0.2, 0.25) is 0 Å². The molecular formula is C12H14F3NO2. The third kappa shape index (κ3) is 2.38. The van der Waals surface area contributed by atoms with E-state index in [0.717, 1.165) is 0 Å². The fraction of sp³-hybridized carbons (Fsp3) is 0.500. The molecule has 0 radical (unpaired) electrons. The molecule has 0 saturated heterocycles. The molecule has 0 fully saturated rings. The number of rotatable bonds is 2. The van der Waals surface area contributed by atoms with Crippen molar-refractivity contribution in [2.24, 2.45) is 0 Å². The van der Waals surface area contributed by atoms with E-state index in [1.165, 1.54) is 13.1 Å². The Labute approximate surface area is 103 Å². The minimum absolute atomic E-state index is 0.161. The molecule has 0 aliphatic carbocycles. The number of fused-ring (bicyclic) bond motifs is 1. The Hall–Kier alpha value is -1.43. The molecule has 1 aliphatic rings. The fourth-order valence-corrected chi connectivity index (χ4v) is 2.01. The van der Waals surface area contributed by atoms with Crippen LogP contribution in [-0.2, 0) is 0 Å². The molecule has 1 heterocycles. The van der Waals surface area contributed by atoms with Crippen LogP contribution in [0.3, 0.4) is 0 Å². The highest BCUT2D eigenvalue weighted by Gasteiger charge is 2.41. The third-order valence-electron chi connectivity index (χ3n) is 2.86. The quantitative estimate of drug-likeness (QED) is 0.887. The minimum Gasteiger partial charge on any atom is -0.486 e. The van der Waals surface area contributed by atoms with Gasteiger partial charge in [-0.3, -0.25) is 0 Å². The molecule has 18 heavy (non-hydrogen) atoms. The fourth-order valence-electron chi connectivity index (χ4n) is 2.01. The summed E-state index contributed by atoms with van der Waals surface area (Å²) in [6.45, 7) is 2.40. The average Bonchev–Trinajstić information content (AvgIpc) is 2.29. The van der Waals surface area contributed by atoms with Crippen molar-refractivity contribution >= 4 is 0 Å². The molecule has 1 atom stereocenters. The second-order valence-electron chi connectivity index (χ2n) is 4.12. The van der Waals surface area contributed by atoms with Gasteiger partial charge in [0.1, 0.15) is 19.3 Å². The summed E-state index contributed by atoms with van der Waals surface area (Å²) in [5.41, 5.74) is 0.685. The number of benzene rings is 1. The molecule has 6 heteroatoms. The van der Waals surface area contributed by atoms with Crippen LogP contribution in [-0.4, -0.2) is 26.4 Å². The van der Waals surface area contributed by atoms with E-state index in [-0.39, 0.29) is 5.56 Å². The van der Waals surface area contributed by atoms with Crippen LogP contribution >= 0.6 is 0 Å². The van der Waals surface area contributed by atoms with E-state index in [9.17, 15) is 13.2 Å². The van der Waals surface area contributed by atoms with Crippen LogP contribution in [0.2, 0.25) is 0 Å². The second kappa shape index (κ2) is 4.68. The molecule has 1 N–H and O–H groups in total. The van der Waals surface area contributed by atoms with Gasteiger partial charge in [0.05, 0.1) is 0 Å². The molecule has 100 valence electrons. The van der Waals surface area contributed by atoms with Gasteiger partial charge < -0.3 is 14.8 Å². The summed E-state index contributed by atoms with van der Waals surface area (Å²) < 4.78 is 49.3. The maximum Gasteiger partial charge on any atom is 0.407 e. The lowest BCUT2D eigenvalue weighted by molar-refractivity contribution is -0.156. The van der Waals surface area contributed by atoms with Gasteiger partial charge in [0.15, 0.2) is 11.5 Å². The van der Waals surface area contributed by atoms with Crippen molar-refractivity contribution in [3.05, 3.63) is 23.3 Å². The first-order valence-electron chi connectivity index (χ1n) is 5.57. The molecule has 3 nitrogen and oxygen atoms in total. The van der Waals surface area contributed by atoms with Crippen LogP contribution in [0.25, 0.3) is 0 Å². The Bertz CT molecular complexity index is 446. The number of hydrogen-bond donors (Lipinski definition) is 1. The van der Waals surface area contributed by atoms with Gasteiger partial charge >= 0.3 is 6.18 Å². The van der Waals surface area contributed by atoms with Crippen molar-refractivity contribution in [1.82, 2.24) is 5.32 Å². The van der Waals surface area contributed by atoms with Gasteiger partial charge in [0, 0.05) is 0 Å². The van der Waals surface area contributed by atoms with Crippen LogP contribution < -0.4 is 14.8 Å². The van der Waals surface area contributed by atoms with E-state index in [1.54, 1.807) is 13.0 Å². The first kappa shape index (κ1) is 13.0. The third-order valence-corrected chi connectivity index (χ3v) is 2.86. The number of halogens is 3. The van der Waals surface area contributed by atoms with Crippen LogP contribution in [0, 0.1) is 6.92 Å². The maximum atomic E-state index is 12.9. The molecule has 0 aromatic heterocycles. The number of alkyl halides is 3. The van der Waals surface area contributed by atoms with Crippen molar-refractivity contribution in [3.8, 4) is 11.5 Å². The van der Waals surface area contributed by atoms with Crippen molar-refractivity contribution < 1.29 is 22.6 Å². The van der Waals surface area contributed by atoms with Crippen molar-refractivity contribution in [2.75, 3.05) is 20.3 Å². The van der Waals surface area contributed by atoms with E-state index < -0.39 is 12.2 Å².